The maximum atomic E-state index is 10.5. The molecule has 0 atom stereocenters. The van der Waals surface area contributed by atoms with Crippen molar-refractivity contribution in [2.75, 3.05) is 18.1 Å². The van der Waals surface area contributed by atoms with Gasteiger partial charge >= 0.3 is 0 Å². The Morgan fingerprint density at radius 2 is 1.94 bits per heavy atom. The fourth-order valence-corrected chi connectivity index (χ4v) is 1.95. The zero-order valence-corrected chi connectivity index (χ0v) is 10.5. The number of aryl methyl sites for hydroxylation is 2. The fraction of sp³-hybridized carbons (Fsp3) is 0.417. The van der Waals surface area contributed by atoms with Gasteiger partial charge in [-0.15, -0.1) is 11.8 Å². The van der Waals surface area contributed by atoms with Crippen LogP contribution in [0, 0.1) is 13.8 Å². The first-order valence-corrected chi connectivity index (χ1v) is 6.30. The summed E-state index contributed by atoms with van der Waals surface area (Å²) in [6.45, 7) is 4.68. The molecule has 2 N–H and O–H groups in total. The first-order chi connectivity index (χ1) is 7.58. The Labute approximate surface area is 100 Å². The van der Waals surface area contributed by atoms with Crippen molar-refractivity contribution in [3.63, 3.8) is 0 Å². The van der Waals surface area contributed by atoms with Crippen LogP contribution in [0.3, 0.4) is 0 Å². The Hall–Kier alpha value is -1.16. The predicted octanol–water partition coefficient (Wildman–Crippen LogP) is 1.90. The SMILES string of the molecule is Cc1cc(C)cc(OCCSCC(N)=O)c1. The van der Waals surface area contributed by atoms with Gasteiger partial charge in [-0.3, -0.25) is 4.79 Å². The van der Waals surface area contributed by atoms with Crippen LogP contribution in [0.5, 0.6) is 5.75 Å². The van der Waals surface area contributed by atoms with Crippen LogP contribution in [-0.4, -0.2) is 24.0 Å². The molecule has 0 unspecified atom stereocenters. The lowest BCUT2D eigenvalue weighted by Crippen LogP contribution is -2.14. The molecule has 1 rings (SSSR count). The third kappa shape index (κ3) is 5.07. The number of carbonyl (C=O) groups excluding carboxylic acids is 1. The van der Waals surface area contributed by atoms with Gasteiger partial charge in [-0.05, 0) is 37.1 Å². The molecule has 0 aliphatic rings. The van der Waals surface area contributed by atoms with E-state index in [0.717, 1.165) is 11.5 Å². The molecule has 0 aromatic heterocycles. The van der Waals surface area contributed by atoms with E-state index in [1.54, 1.807) is 0 Å². The number of benzene rings is 1. The highest BCUT2D eigenvalue weighted by molar-refractivity contribution is 7.99. The van der Waals surface area contributed by atoms with E-state index < -0.39 is 0 Å². The molecule has 16 heavy (non-hydrogen) atoms. The normalized spacial score (nSPS) is 10.1. The predicted molar refractivity (Wildman–Crippen MR) is 67.9 cm³/mol. The minimum Gasteiger partial charge on any atom is -0.493 e. The van der Waals surface area contributed by atoms with E-state index in [2.05, 4.69) is 6.07 Å². The fourth-order valence-electron chi connectivity index (χ4n) is 1.41. The van der Waals surface area contributed by atoms with Gasteiger partial charge in [0.15, 0.2) is 0 Å². The van der Waals surface area contributed by atoms with Crippen LogP contribution in [0.25, 0.3) is 0 Å². The molecule has 88 valence electrons. The molecule has 1 aromatic rings. The monoisotopic (exact) mass is 239 g/mol. The van der Waals surface area contributed by atoms with Gasteiger partial charge in [0.25, 0.3) is 0 Å². The van der Waals surface area contributed by atoms with Gasteiger partial charge in [-0.25, -0.2) is 0 Å². The van der Waals surface area contributed by atoms with Crippen molar-refractivity contribution < 1.29 is 9.53 Å². The smallest absolute Gasteiger partial charge is 0.227 e. The average molecular weight is 239 g/mol. The number of primary amides is 1. The van der Waals surface area contributed by atoms with Gasteiger partial charge in [0, 0.05) is 5.75 Å². The quantitative estimate of drug-likeness (QED) is 0.771. The van der Waals surface area contributed by atoms with Gasteiger partial charge < -0.3 is 10.5 Å². The summed E-state index contributed by atoms with van der Waals surface area (Å²) in [5.74, 6) is 1.74. The van der Waals surface area contributed by atoms with Crippen LogP contribution in [0.2, 0.25) is 0 Å². The molecule has 0 fully saturated rings. The molecule has 4 heteroatoms. The summed E-state index contributed by atoms with van der Waals surface area (Å²) in [6.07, 6.45) is 0. The van der Waals surface area contributed by atoms with E-state index in [1.165, 1.54) is 22.9 Å². The number of ether oxygens (including phenoxy) is 1. The summed E-state index contributed by atoms with van der Waals surface area (Å²) < 4.78 is 5.58. The van der Waals surface area contributed by atoms with E-state index >= 15 is 0 Å². The Kier molecular flexibility index (Phi) is 5.19. The van der Waals surface area contributed by atoms with Gasteiger partial charge in [0.05, 0.1) is 12.4 Å². The number of nitrogens with two attached hydrogens (primary N) is 1. The lowest BCUT2D eigenvalue weighted by molar-refractivity contribution is -0.115. The van der Waals surface area contributed by atoms with Gasteiger partial charge in [-0.1, -0.05) is 6.07 Å². The molecule has 1 amide bonds. The van der Waals surface area contributed by atoms with Gasteiger partial charge in [-0.2, -0.15) is 0 Å². The summed E-state index contributed by atoms with van der Waals surface area (Å²) in [7, 11) is 0. The van der Waals surface area contributed by atoms with Crippen molar-refractivity contribution in [3.05, 3.63) is 29.3 Å². The Morgan fingerprint density at radius 3 is 2.50 bits per heavy atom. The Morgan fingerprint density at radius 1 is 1.31 bits per heavy atom. The van der Waals surface area contributed by atoms with Crippen LogP contribution in [-0.2, 0) is 4.79 Å². The van der Waals surface area contributed by atoms with Crippen LogP contribution in [0.4, 0.5) is 0 Å². The molecule has 1 aromatic carbocycles. The van der Waals surface area contributed by atoms with Crippen molar-refractivity contribution in [1.29, 1.82) is 0 Å². The third-order valence-electron chi connectivity index (χ3n) is 1.94. The highest BCUT2D eigenvalue weighted by Gasteiger charge is 1.98. The van der Waals surface area contributed by atoms with Crippen molar-refractivity contribution in [1.82, 2.24) is 0 Å². The Balaban J connectivity index is 2.29. The Bertz CT molecular complexity index is 346. The molecular weight excluding hydrogens is 222 g/mol. The molecule has 0 spiro atoms. The number of amides is 1. The molecule has 0 bridgehead atoms. The number of thioether (sulfide) groups is 1. The molecule has 0 radical (unpaired) electrons. The number of carbonyl (C=O) groups is 1. The third-order valence-corrected chi connectivity index (χ3v) is 2.88. The standard InChI is InChI=1S/C12H17NO2S/c1-9-5-10(2)7-11(6-9)15-3-4-16-8-12(13)14/h5-7H,3-4,8H2,1-2H3,(H2,13,14). The largest absolute Gasteiger partial charge is 0.493 e. The van der Waals surface area contributed by atoms with Gasteiger partial charge in [0.2, 0.25) is 5.91 Å². The molecule has 0 aliphatic carbocycles. The molecule has 0 aliphatic heterocycles. The van der Waals surface area contributed by atoms with Crippen LogP contribution in [0.1, 0.15) is 11.1 Å². The second kappa shape index (κ2) is 6.43. The average Bonchev–Trinajstić information content (AvgIpc) is 2.15. The zero-order chi connectivity index (χ0) is 12.0. The number of hydrogen-bond donors (Lipinski definition) is 1. The molecule has 0 saturated heterocycles. The topological polar surface area (TPSA) is 52.3 Å². The van der Waals surface area contributed by atoms with Crippen LogP contribution in [0.15, 0.2) is 18.2 Å². The van der Waals surface area contributed by atoms with Crippen molar-refractivity contribution in [2.24, 2.45) is 5.73 Å². The van der Waals surface area contributed by atoms with Crippen LogP contribution >= 0.6 is 11.8 Å². The number of hydrogen-bond acceptors (Lipinski definition) is 3. The second-order valence-electron chi connectivity index (χ2n) is 3.69. The summed E-state index contributed by atoms with van der Waals surface area (Å²) in [4.78, 5) is 10.5. The first kappa shape index (κ1) is 12.9. The van der Waals surface area contributed by atoms with E-state index in [1.807, 2.05) is 26.0 Å². The summed E-state index contributed by atoms with van der Waals surface area (Å²) in [5, 5.41) is 0. The zero-order valence-electron chi connectivity index (χ0n) is 9.66. The van der Waals surface area contributed by atoms with E-state index in [4.69, 9.17) is 10.5 Å². The van der Waals surface area contributed by atoms with Gasteiger partial charge in [0.1, 0.15) is 5.75 Å². The molecule has 3 nitrogen and oxygen atoms in total. The molecule has 0 saturated carbocycles. The minimum absolute atomic E-state index is 0.281. The van der Waals surface area contributed by atoms with Crippen molar-refractivity contribution in [3.8, 4) is 5.75 Å². The van der Waals surface area contributed by atoms with E-state index in [0.29, 0.717) is 12.4 Å². The van der Waals surface area contributed by atoms with E-state index in [9.17, 15) is 4.79 Å². The van der Waals surface area contributed by atoms with Crippen molar-refractivity contribution >= 4 is 17.7 Å². The lowest BCUT2D eigenvalue weighted by atomic mass is 10.1. The maximum absolute atomic E-state index is 10.5. The molecule has 0 heterocycles. The first-order valence-electron chi connectivity index (χ1n) is 5.15. The molecular formula is C12H17NO2S. The second-order valence-corrected chi connectivity index (χ2v) is 4.80. The summed E-state index contributed by atoms with van der Waals surface area (Å²) in [5.41, 5.74) is 7.41. The number of rotatable bonds is 6. The van der Waals surface area contributed by atoms with E-state index in [-0.39, 0.29) is 5.91 Å². The maximum Gasteiger partial charge on any atom is 0.227 e. The summed E-state index contributed by atoms with van der Waals surface area (Å²) in [6, 6.07) is 6.12. The highest BCUT2D eigenvalue weighted by Crippen LogP contribution is 2.16. The summed E-state index contributed by atoms with van der Waals surface area (Å²) >= 11 is 1.49. The highest BCUT2D eigenvalue weighted by atomic mass is 32.2. The van der Waals surface area contributed by atoms with Crippen molar-refractivity contribution in [2.45, 2.75) is 13.8 Å². The van der Waals surface area contributed by atoms with Crippen LogP contribution < -0.4 is 10.5 Å². The minimum atomic E-state index is -0.281. The lowest BCUT2D eigenvalue weighted by Gasteiger charge is -2.07.